The minimum atomic E-state index is 0.659. The van der Waals surface area contributed by atoms with E-state index in [1.165, 1.54) is 32.1 Å². The lowest BCUT2D eigenvalue weighted by Gasteiger charge is -2.55. The molecule has 0 heterocycles. The fourth-order valence-corrected chi connectivity index (χ4v) is 2.19. The normalized spacial score (nSPS) is 37.7. The van der Waals surface area contributed by atoms with Gasteiger partial charge in [-0.2, -0.15) is 0 Å². The predicted molar refractivity (Wildman–Crippen MR) is 36.6 cm³/mol. The third-order valence-corrected chi connectivity index (χ3v) is 3.22. The zero-order valence-corrected chi connectivity index (χ0v) is 5.69. The number of nitrogens with two attached hydrogens (primary N) is 1. The van der Waals surface area contributed by atoms with Crippen LogP contribution in [0.3, 0.4) is 0 Å². The molecule has 52 valence electrons. The van der Waals surface area contributed by atoms with Crippen LogP contribution in [0.2, 0.25) is 0 Å². The second-order valence-corrected chi connectivity index (χ2v) is 3.47. The molecule has 2 aliphatic rings. The summed E-state index contributed by atoms with van der Waals surface area (Å²) in [6.07, 6.45) is 6.99. The lowest BCUT2D eigenvalue weighted by Crippen LogP contribution is -2.58. The van der Waals surface area contributed by atoms with E-state index in [9.17, 15) is 0 Å². The van der Waals surface area contributed by atoms with E-state index < -0.39 is 0 Å². The summed E-state index contributed by atoms with van der Waals surface area (Å²) in [4.78, 5) is 0. The first-order valence-corrected chi connectivity index (χ1v) is 3.83. The average molecular weight is 126 g/mol. The van der Waals surface area contributed by atoms with Crippen molar-refractivity contribution < 1.29 is 0 Å². The number of rotatable bonds is 1. The molecule has 0 aromatic carbocycles. The van der Waals surface area contributed by atoms with Crippen LogP contribution in [0.1, 0.15) is 32.1 Å². The van der Waals surface area contributed by atoms with Crippen molar-refractivity contribution in [3.63, 3.8) is 0 Å². The first-order valence-electron chi connectivity index (χ1n) is 3.83. The van der Waals surface area contributed by atoms with Gasteiger partial charge >= 0.3 is 0 Å². The maximum Gasteiger partial charge on any atom is 0.0267 e. The number of hydrazine groups is 1. The summed E-state index contributed by atoms with van der Waals surface area (Å²) >= 11 is 0. The topological polar surface area (TPSA) is 38.0 Å². The summed E-state index contributed by atoms with van der Waals surface area (Å²) in [6, 6.07) is 0.659. The molecule has 2 nitrogen and oxygen atoms in total. The molecular formula is C7H14N2. The van der Waals surface area contributed by atoms with E-state index in [4.69, 9.17) is 5.84 Å². The summed E-state index contributed by atoms with van der Waals surface area (Å²) in [5.41, 5.74) is 3.57. The summed E-state index contributed by atoms with van der Waals surface area (Å²) in [5, 5.41) is 0. The summed E-state index contributed by atoms with van der Waals surface area (Å²) in [7, 11) is 0. The van der Waals surface area contributed by atoms with Crippen LogP contribution in [0, 0.1) is 5.41 Å². The van der Waals surface area contributed by atoms with Gasteiger partial charge in [-0.15, -0.1) is 0 Å². The highest BCUT2D eigenvalue weighted by Crippen LogP contribution is 2.55. The molecule has 0 amide bonds. The molecule has 2 aliphatic carbocycles. The molecule has 9 heavy (non-hydrogen) atoms. The fraction of sp³-hybridized carbons (Fsp3) is 1.00. The number of nitrogens with one attached hydrogen (secondary N) is 1. The molecule has 1 atom stereocenters. The highest BCUT2D eigenvalue weighted by atomic mass is 15.2. The van der Waals surface area contributed by atoms with E-state index >= 15 is 0 Å². The molecule has 1 spiro atoms. The highest BCUT2D eigenvalue weighted by Gasteiger charge is 2.49. The van der Waals surface area contributed by atoms with Crippen molar-refractivity contribution in [2.24, 2.45) is 11.3 Å². The molecule has 0 aromatic rings. The average Bonchev–Trinajstić information content (AvgIpc) is 1.59. The molecule has 1 unspecified atom stereocenters. The minimum Gasteiger partial charge on any atom is -0.271 e. The van der Waals surface area contributed by atoms with Gasteiger partial charge in [-0.25, -0.2) is 0 Å². The van der Waals surface area contributed by atoms with E-state index in [2.05, 4.69) is 5.43 Å². The van der Waals surface area contributed by atoms with E-state index in [0.717, 1.165) is 0 Å². The van der Waals surface area contributed by atoms with Gasteiger partial charge in [0.1, 0.15) is 0 Å². The fourth-order valence-electron chi connectivity index (χ4n) is 2.19. The molecule has 2 rings (SSSR count). The Morgan fingerprint density at radius 1 is 1.33 bits per heavy atom. The molecule has 0 bridgehead atoms. The quantitative estimate of drug-likeness (QED) is 0.402. The molecule has 2 heteroatoms. The van der Waals surface area contributed by atoms with Gasteiger partial charge in [-0.05, 0) is 31.1 Å². The zero-order valence-electron chi connectivity index (χ0n) is 5.69. The van der Waals surface area contributed by atoms with Crippen LogP contribution in [0.5, 0.6) is 0 Å². The van der Waals surface area contributed by atoms with Crippen molar-refractivity contribution in [3.8, 4) is 0 Å². The van der Waals surface area contributed by atoms with E-state index in [-0.39, 0.29) is 0 Å². The molecule has 0 saturated heterocycles. The number of hydrogen-bond donors (Lipinski definition) is 2. The molecule has 0 aliphatic heterocycles. The largest absolute Gasteiger partial charge is 0.271 e. The van der Waals surface area contributed by atoms with Crippen molar-refractivity contribution in [2.75, 3.05) is 0 Å². The Labute approximate surface area is 55.8 Å². The van der Waals surface area contributed by atoms with E-state index in [1.807, 2.05) is 0 Å². The van der Waals surface area contributed by atoms with Crippen molar-refractivity contribution in [3.05, 3.63) is 0 Å². The number of hydrogen-bond acceptors (Lipinski definition) is 2. The smallest absolute Gasteiger partial charge is 0.0267 e. The second-order valence-electron chi connectivity index (χ2n) is 3.47. The lowest BCUT2D eigenvalue weighted by molar-refractivity contribution is -0.0171. The van der Waals surface area contributed by atoms with Gasteiger partial charge in [0.2, 0.25) is 0 Å². The first kappa shape index (κ1) is 5.69. The Bertz CT molecular complexity index is 111. The van der Waals surface area contributed by atoms with Crippen LogP contribution in [-0.2, 0) is 0 Å². The maximum absolute atomic E-state index is 5.37. The van der Waals surface area contributed by atoms with Gasteiger partial charge in [0.25, 0.3) is 0 Å². The summed E-state index contributed by atoms with van der Waals surface area (Å²) in [6.45, 7) is 0. The van der Waals surface area contributed by atoms with Gasteiger partial charge in [0, 0.05) is 6.04 Å². The third kappa shape index (κ3) is 0.578. The summed E-state index contributed by atoms with van der Waals surface area (Å²) in [5.74, 6) is 5.37. The minimum absolute atomic E-state index is 0.659. The van der Waals surface area contributed by atoms with E-state index in [0.29, 0.717) is 11.5 Å². The van der Waals surface area contributed by atoms with Crippen LogP contribution in [0.25, 0.3) is 0 Å². The van der Waals surface area contributed by atoms with Gasteiger partial charge < -0.3 is 0 Å². The Kier molecular flexibility index (Phi) is 1.08. The van der Waals surface area contributed by atoms with Crippen LogP contribution >= 0.6 is 0 Å². The van der Waals surface area contributed by atoms with Crippen molar-refractivity contribution in [1.82, 2.24) is 5.43 Å². The maximum atomic E-state index is 5.37. The first-order chi connectivity index (χ1) is 4.37. The predicted octanol–water partition coefficient (Wildman–Crippen LogP) is 0.782. The SMILES string of the molecule is NNC1CCC12CCC2. The second kappa shape index (κ2) is 1.70. The van der Waals surface area contributed by atoms with Crippen LogP contribution in [0.15, 0.2) is 0 Å². The van der Waals surface area contributed by atoms with Crippen molar-refractivity contribution in [2.45, 2.75) is 38.1 Å². The highest BCUT2D eigenvalue weighted by molar-refractivity contribution is 5.04. The van der Waals surface area contributed by atoms with Gasteiger partial charge in [0.05, 0.1) is 0 Å². The molecule has 0 radical (unpaired) electrons. The Balaban J connectivity index is 1.97. The standard InChI is InChI=1S/C7H14N2/c8-9-6-2-5-7(6)3-1-4-7/h6,9H,1-5,8H2. The Hall–Kier alpha value is -0.0800. The molecule has 3 N–H and O–H groups in total. The Morgan fingerprint density at radius 3 is 2.22 bits per heavy atom. The molecule has 2 fully saturated rings. The molecule has 0 aromatic heterocycles. The van der Waals surface area contributed by atoms with Crippen molar-refractivity contribution in [1.29, 1.82) is 0 Å². The van der Waals surface area contributed by atoms with Crippen LogP contribution in [-0.4, -0.2) is 6.04 Å². The van der Waals surface area contributed by atoms with Crippen LogP contribution in [0.4, 0.5) is 0 Å². The monoisotopic (exact) mass is 126 g/mol. The molecule has 2 saturated carbocycles. The van der Waals surface area contributed by atoms with Crippen LogP contribution < -0.4 is 11.3 Å². The lowest BCUT2D eigenvalue weighted by atomic mass is 9.53. The van der Waals surface area contributed by atoms with Gasteiger partial charge in [0.15, 0.2) is 0 Å². The summed E-state index contributed by atoms with van der Waals surface area (Å²) < 4.78 is 0. The van der Waals surface area contributed by atoms with E-state index in [1.54, 1.807) is 0 Å². The third-order valence-electron chi connectivity index (χ3n) is 3.22. The molecular weight excluding hydrogens is 112 g/mol. The van der Waals surface area contributed by atoms with Gasteiger partial charge in [-0.3, -0.25) is 11.3 Å². The zero-order chi connectivity index (χ0) is 6.32. The Morgan fingerprint density at radius 2 is 2.11 bits per heavy atom. The van der Waals surface area contributed by atoms with Gasteiger partial charge in [-0.1, -0.05) is 6.42 Å². The van der Waals surface area contributed by atoms with Crippen molar-refractivity contribution >= 4 is 0 Å².